The second kappa shape index (κ2) is 37.9. The van der Waals surface area contributed by atoms with E-state index in [1.54, 1.807) is 0 Å². The Morgan fingerprint density at radius 2 is 1.09 bits per heavy atom. The molecular weight excluding hydrogens is 757 g/mol. The summed E-state index contributed by atoms with van der Waals surface area (Å²) in [5, 5.41) is 20.8. The van der Waals surface area contributed by atoms with Crippen LogP contribution in [0.5, 0.6) is 0 Å². The average molecular weight is 843 g/mol. The molecule has 0 heterocycles. The smallest absolute Gasteiger partial charge is 0.462 e. The van der Waals surface area contributed by atoms with Crippen LogP contribution in [0, 0.1) is 0 Å². The topological polar surface area (TPSA) is 149 Å². The van der Waals surface area contributed by atoms with Crippen molar-refractivity contribution in [2.24, 2.45) is 0 Å². The van der Waals surface area contributed by atoms with Gasteiger partial charge in [0.1, 0.15) is 19.8 Å². The third-order valence-electron chi connectivity index (χ3n) is 9.57. The maximum absolute atomic E-state index is 12.7. The number of unbranched alkanes of at least 4 members (excludes halogenated alkanes) is 14. The van der Waals surface area contributed by atoms with Crippen molar-refractivity contribution in [1.29, 1.82) is 0 Å². The molecule has 0 aliphatic rings. The Hall–Kier alpha value is -2.11. The lowest BCUT2D eigenvalue weighted by atomic mass is 10.0. The van der Waals surface area contributed by atoms with Crippen LogP contribution in [0.15, 0.2) is 48.6 Å². The van der Waals surface area contributed by atoms with Crippen molar-refractivity contribution in [3.8, 4) is 0 Å². The predicted molar refractivity (Wildman–Crippen MR) is 236 cm³/mol. The van der Waals surface area contributed by atoms with Crippen LogP contribution in [0.25, 0.3) is 0 Å². The molecule has 0 aromatic heterocycles. The number of esters is 2. The summed E-state index contributed by atoms with van der Waals surface area (Å²) >= 11 is 0. The zero-order valence-electron chi connectivity index (χ0n) is 37.2. The number of allylic oxidation sites excluding steroid dienone is 7. The van der Waals surface area contributed by atoms with Crippen molar-refractivity contribution in [2.75, 3.05) is 47.5 Å². The first-order valence-electron chi connectivity index (χ1n) is 22.5. The summed E-state index contributed by atoms with van der Waals surface area (Å²) in [5.74, 6) is -1.08. The Morgan fingerprint density at radius 1 is 0.603 bits per heavy atom. The van der Waals surface area contributed by atoms with E-state index in [-0.39, 0.29) is 45.3 Å². The maximum atomic E-state index is 12.7. The van der Waals surface area contributed by atoms with Crippen molar-refractivity contribution in [3.05, 3.63) is 48.6 Å². The Morgan fingerprint density at radius 3 is 1.60 bits per heavy atom. The highest BCUT2D eigenvalue weighted by molar-refractivity contribution is 7.47. The van der Waals surface area contributed by atoms with Crippen molar-refractivity contribution >= 4 is 19.8 Å². The minimum absolute atomic E-state index is 0.0214. The highest BCUT2D eigenvalue weighted by atomic mass is 31.2. The molecule has 0 aromatic rings. The van der Waals surface area contributed by atoms with Gasteiger partial charge in [-0.25, -0.2) is 4.57 Å². The molecule has 11 nitrogen and oxygen atoms in total. The number of phosphoric ester groups is 1. The minimum Gasteiger partial charge on any atom is -0.462 e. The minimum atomic E-state index is -4.46. The molecule has 0 rings (SSSR count). The van der Waals surface area contributed by atoms with Gasteiger partial charge in [0, 0.05) is 12.8 Å². The molecule has 4 atom stereocenters. The van der Waals surface area contributed by atoms with Gasteiger partial charge in [-0.1, -0.05) is 152 Å². The van der Waals surface area contributed by atoms with E-state index < -0.39 is 44.7 Å². The van der Waals surface area contributed by atoms with E-state index in [4.69, 9.17) is 18.5 Å². The Kier molecular flexibility index (Phi) is 36.5. The number of hydrogen-bond donors (Lipinski definition) is 3. The average Bonchev–Trinajstić information content (AvgIpc) is 3.17. The third-order valence-corrected chi connectivity index (χ3v) is 10.6. The molecule has 0 spiro atoms. The summed E-state index contributed by atoms with van der Waals surface area (Å²) in [6.07, 6.45) is 36.2. The van der Waals surface area contributed by atoms with Gasteiger partial charge in [0.2, 0.25) is 0 Å². The number of aliphatic hydroxyl groups excluding tert-OH is 2. The van der Waals surface area contributed by atoms with E-state index in [0.29, 0.717) is 17.4 Å². The fourth-order valence-electron chi connectivity index (χ4n) is 5.92. The van der Waals surface area contributed by atoms with E-state index >= 15 is 0 Å². The normalized spacial score (nSPS) is 15.1. The number of carbonyl (C=O) groups is 2. The Bertz CT molecular complexity index is 1170. The largest absolute Gasteiger partial charge is 0.472 e. The predicted octanol–water partition coefficient (Wildman–Crippen LogP) is 10.6. The zero-order chi connectivity index (χ0) is 43.2. The number of rotatable bonds is 40. The zero-order valence-corrected chi connectivity index (χ0v) is 38.1. The van der Waals surface area contributed by atoms with E-state index in [9.17, 15) is 29.3 Å². The number of nitrogens with zero attached hydrogens (tertiary/aromatic N) is 1. The second-order valence-electron chi connectivity index (χ2n) is 16.4. The van der Waals surface area contributed by atoms with Gasteiger partial charge in [-0.2, -0.15) is 0 Å². The van der Waals surface area contributed by atoms with E-state index in [0.717, 1.165) is 44.9 Å². The van der Waals surface area contributed by atoms with Gasteiger partial charge in [-0.05, 0) is 51.4 Å². The molecule has 0 bridgehead atoms. The highest BCUT2D eigenvalue weighted by Gasteiger charge is 2.27. The molecule has 0 amide bonds. The number of hydrogen-bond acceptors (Lipinski definition) is 9. The van der Waals surface area contributed by atoms with Crippen LogP contribution in [0.1, 0.15) is 168 Å². The van der Waals surface area contributed by atoms with E-state index in [1.165, 1.54) is 70.6 Å². The summed E-state index contributed by atoms with van der Waals surface area (Å²) in [7, 11) is 1.30. The van der Waals surface area contributed by atoms with Gasteiger partial charge in [0.15, 0.2) is 6.10 Å². The number of phosphoric acid groups is 1. The number of quaternary nitrogens is 1. The summed E-state index contributed by atoms with van der Waals surface area (Å²) in [6, 6.07) is 0. The van der Waals surface area contributed by atoms with Crippen LogP contribution in [0.3, 0.4) is 0 Å². The van der Waals surface area contributed by atoms with Crippen LogP contribution >= 0.6 is 7.82 Å². The van der Waals surface area contributed by atoms with Gasteiger partial charge < -0.3 is 29.1 Å². The van der Waals surface area contributed by atoms with Crippen molar-refractivity contribution < 1.29 is 52.3 Å². The molecule has 0 aromatic carbocycles. The van der Waals surface area contributed by atoms with Gasteiger partial charge in [0.05, 0.1) is 40.0 Å². The summed E-state index contributed by atoms with van der Waals surface area (Å²) in [6.45, 7) is 3.97. The summed E-state index contributed by atoms with van der Waals surface area (Å²) < 4.78 is 34.1. The quantitative estimate of drug-likeness (QED) is 0.0179. The standard InChI is InChI=1S/C46H84NO10P/c1-6-8-10-12-14-16-18-20-21-22-24-26-28-30-32-36-45(50)54-40-42(41-56-58(52,53)55-39-38-47(3,4)5)57-46(51)37-33-35-44(49)43(48)34-31-29-27-25-23-19-17-15-13-11-9-7-2/h9,11,15,17,23,25,29,31,42-44,48-49H,6-8,10,12-14,16,18-22,24,26-28,30,32-41H2,1-5H3/p+1/b11-9-,17-15-,25-23-,31-29-/t42-,43-,44-/m1/s1. The molecule has 338 valence electrons. The lowest BCUT2D eigenvalue weighted by molar-refractivity contribution is -0.870. The SMILES string of the molecule is CC/C=C\C/C=C\C/C=C\C/C=C\C[C@@H](O)[C@H](O)CCCC(=O)O[C@H](COC(=O)CCCCCCCCCCCCCCCCC)COP(=O)(O)OCC[N+](C)(C)C. The second-order valence-corrected chi connectivity index (χ2v) is 17.8. The molecule has 1 unspecified atom stereocenters. The van der Waals surface area contributed by atoms with E-state index in [1.807, 2.05) is 33.3 Å². The number of carbonyl (C=O) groups excluding carboxylic acids is 2. The Labute approximate surface area is 353 Å². The van der Waals surface area contributed by atoms with Crippen LogP contribution in [0.4, 0.5) is 0 Å². The molecule has 0 radical (unpaired) electrons. The molecule has 12 heteroatoms. The molecule has 3 N–H and O–H groups in total. The monoisotopic (exact) mass is 843 g/mol. The van der Waals surface area contributed by atoms with Gasteiger partial charge >= 0.3 is 19.8 Å². The van der Waals surface area contributed by atoms with Crippen molar-refractivity contribution in [1.82, 2.24) is 0 Å². The van der Waals surface area contributed by atoms with Gasteiger partial charge in [-0.3, -0.25) is 18.6 Å². The molecule has 0 saturated heterocycles. The Balaban J connectivity index is 4.59. The van der Waals surface area contributed by atoms with Crippen LogP contribution in [-0.2, 0) is 32.7 Å². The van der Waals surface area contributed by atoms with E-state index in [2.05, 4.69) is 50.3 Å². The molecule has 58 heavy (non-hydrogen) atoms. The lowest BCUT2D eigenvalue weighted by Crippen LogP contribution is -2.37. The summed E-state index contributed by atoms with van der Waals surface area (Å²) in [5.41, 5.74) is 0. The van der Waals surface area contributed by atoms with Crippen molar-refractivity contribution in [3.63, 3.8) is 0 Å². The third kappa shape index (κ3) is 39.4. The maximum Gasteiger partial charge on any atom is 0.472 e. The molecule has 0 aliphatic heterocycles. The first kappa shape index (κ1) is 55.9. The summed E-state index contributed by atoms with van der Waals surface area (Å²) in [4.78, 5) is 35.4. The van der Waals surface area contributed by atoms with Crippen LogP contribution < -0.4 is 0 Å². The van der Waals surface area contributed by atoms with Gasteiger partial charge in [-0.15, -0.1) is 0 Å². The number of aliphatic hydroxyl groups is 2. The molecule has 0 aliphatic carbocycles. The lowest BCUT2D eigenvalue weighted by Gasteiger charge is -2.24. The molecule has 0 saturated carbocycles. The first-order chi connectivity index (χ1) is 27.8. The van der Waals surface area contributed by atoms with Crippen molar-refractivity contribution in [2.45, 2.75) is 186 Å². The van der Waals surface area contributed by atoms with Crippen LogP contribution in [-0.4, -0.2) is 97.3 Å². The highest BCUT2D eigenvalue weighted by Crippen LogP contribution is 2.43. The first-order valence-corrected chi connectivity index (χ1v) is 24.0. The number of likely N-dealkylation sites (N-methyl/N-ethyl adjacent to an activating group) is 1. The molecule has 0 fully saturated rings. The van der Waals surface area contributed by atoms with Gasteiger partial charge in [0.25, 0.3) is 0 Å². The fourth-order valence-corrected chi connectivity index (χ4v) is 6.67. The number of ether oxygens (including phenoxy) is 2. The fraction of sp³-hybridized carbons (Fsp3) is 0.783. The van der Waals surface area contributed by atoms with Crippen LogP contribution in [0.2, 0.25) is 0 Å². The molecular formula is C46H85NO10P+.